The van der Waals surface area contributed by atoms with Gasteiger partial charge in [0, 0.05) is 6.42 Å². The molecule has 0 radical (unpaired) electrons. The Morgan fingerprint density at radius 3 is 2.42 bits per heavy atom. The fourth-order valence-electron chi connectivity index (χ4n) is 2.79. The van der Waals surface area contributed by atoms with Crippen molar-refractivity contribution in [3.63, 3.8) is 0 Å². The highest BCUT2D eigenvalue weighted by Crippen LogP contribution is 2.24. The number of esters is 1. The second-order valence-corrected chi connectivity index (χ2v) is 6.12. The van der Waals surface area contributed by atoms with E-state index in [1.165, 1.54) is 32.1 Å². The van der Waals surface area contributed by atoms with Crippen molar-refractivity contribution in [1.82, 2.24) is 0 Å². The van der Waals surface area contributed by atoms with Crippen LogP contribution in [0.2, 0.25) is 0 Å². The van der Waals surface area contributed by atoms with Gasteiger partial charge in [-0.15, -0.1) is 12.4 Å². The monoisotopic (exact) mass is 291 g/mol. The molecule has 1 saturated carbocycles. The summed E-state index contributed by atoms with van der Waals surface area (Å²) in [6.07, 6.45) is 7.87. The van der Waals surface area contributed by atoms with Gasteiger partial charge in [0.25, 0.3) is 0 Å². The van der Waals surface area contributed by atoms with Gasteiger partial charge in [0.2, 0.25) is 0 Å². The van der Waals surface area contributed by atoms with Crippen LogP contribution in [-0.2, 0) is 9.53 Å². The first-order valence-corrected chi connectivity index (χ1v) is 7.47. The lowest BCUT2D eigenvalue weighted by Gasteiger charge is -2.22. The molecule has 114 valence electrons. The summed E-state index contributed by atoms with van der Waals surface area (Å²) < 4.78 is 5.40. The van der Waals surface area contributed by atoms with Crippen LogP contribution in [0.5, 0.6) is 0 Å². The molecule has 1 atom stereocenters. The van der Waals surface area contributed by atoms with Gasteiger partial charge in [0.1, 0.15) is 0 Å². The molecule has 1 aliphatic rings. The summed E-state index contributed by atoms with van der Waals surface area (Å²) in [6.45, 7) is 5.53. The van der Waals surface area contributed by atoms with Crippen molar-refractivity contribution in [2.75, 3.05) is 13.2 Å². The lowest BCUT2D eigenvalue weighted by atomic mass is 9.90. The molecule has 0 aromatic rings. The maximum atomic E-state index is 11.8. The first-order valence-electron chi connectivity index (χ1n) is 7.47. The number of hydrogen-bond donors (Lipinski definition) is 1. The van der Waals surface area contributed by atoms with Crippen molar-refractivity contribution in [3.05, 3.63) is 0 Å². The Bertz CT molecular complexity index is 240. The maximum absolute atomic E-state index is 11.8. The molecule has 19 heavy (non-hydrogen) atoms. The molecule has 1 aliphatic carbocycles. The number of carbonyl (C=O) groups excluding carboxylic acids is 1. The molecular weight excluding hydrogens is 262 g/mol. The van der Waals surface area contributed by atoms with Crippen LogP contribution >= 0.6 is 12.4 Å². The Labute approximate surface area is 124 Å². The third kappa shape index (κ3) is 8.48. The number of carbonyl (C=O) groups is 1. The van der Waals surface area contributed by atoms with E-state index >= 15 is 0 Å². The number of halogens is 1. The quantitative estimate of drug-likeness (QED) is 0.730. The first-order chi connectivity index (χ1) is 8.61. The molecule has 0 amide bonds. The van der Waals surface area contributed by atoms with Crippen molar-refractivity contribution in [1.29, 1.82) is 0 Å². The molecular formula is C15H30ClNO2. The fraction of sp³-hybridized carbons (Fsp3) is 0.933. The molecule has 3 nitrogen and oxygen atoms in total. The Morgan fingerprint density at radius 2 is 1.89 bits per heavy atom. The smallest absolute Gasteiger partial charge is 0.306 e. The predicted molar refractivity (Wildman–Crippen MR) is 81.4 cm³/mol. The standard InChI is InChI=1S/C15H29NO2.ClH/c1-12(2)8-14(10-16)9-15(17)18-11-13-6-4-3-5-7-13;/h12-14H,3-11,16H2,1-2H3;1H/t14-;/m0./s1. The van der Waals surface area contributed by atoms with Crippen LogP contribution in [0, 0.1) is 17.8 Å². The van der Waals surface area contributed by atoms with E-state index in [0.717, 1.165) is 6.42 Å². The average molecular weight is 292 g/mol. The summed E-state index contributed by atoms with van der Waals surface area (Å²) in [7, 11) is 0. The van der Waals surface area contributed by atoms with Gasteiger partial charge in [-0.25, -0.2) is 0 Å². The van der Waals surface area contributed by atoms with Crippen LogP contribution in [0.3, 0.4) is 0 Å². The van der Waals surface area contributed by atoms with E-state index < -0.39 is 0 Å². The summed E-state index contributed by atoms with van der Waals surface area (Å²) in [5, 5.41) is 0. The van der Waals surface area contributed by atoms with E-state index in [2.05, 4.69) is 13.8 Å². The molecule has 4 heteroatoms. The molecule has 0 aliphatic heterocycles. The molecule has 0 bridgehead atoms. The van der Waals surface area contributed by atoms with Crippen molar-refractivity contribution in [2.24, 2.45) is 23.5 Å². The van der Waals surface area contributed by atoms with Crippen LogP contribution in [0.1, 0.15) is 58.8 Å². The van der Waals surface area contributed by atoms with Gasteiger partial charge in [-0.2, -0.15) is 0 Å². The zero-order valence-corrected chi connectivity index (χ0v) is 13.2. The Hall–Kier alpha value is -0.280. The maximum Gasteiger partial charge on any atom is 0.306 e. The van der Waals surface area contributed by atoms with Gasteiger partial charge in [-0.1, -0.05) is 33.1 Å². The predicted octanol–water partition coefficient (Wildman–Crippen LogP) is 3.54. The van der Waals surface area contributed by atoms with Crippen molar-refractivity contribution < 1.29 is 9.53 Å². The minimum atomic E-state index is -0.0586. The molecule has 0 spiro atoms. The lowest BCUT2D eigenvalue weighted by molar-refractivity contribution is -0.146. The summed E-state index contributed by atoms with van der Waals surface area (Å²) in [4.78, 5) is 11.8. The van der Waals surface area contributed by atoms with Gasteiger partial charge in [0.05, 0.1) is 6.61 Å². The average Bonchev–Trinajstić information content (AvgIpc) is 2.36. The first kappa shape index (κ1) is 18.7. The van der Waals surface area contributed by atoms with Crippen molar-refractivity contribution >= 4 is 18.4 Å². The van der Waals surface area contributed by atoms with E-state index in [1.807, 2.05) is 0 Å². The molecule has 2 N–H and O–H groups in total. The van der Waals surface area contributed by atoms with Crippen LogP contribution in [-0.4, -0.2) is 19.1 Å². The molecule has 1 rings (SSSR count). The van der Waals surface area contributed by atoms with Gasteiger partial charge in [-0.05, 0) is 43.6 Å². The molecule has 0 saturated heterocycles. The topological polar surface area (TPSA) is 52.3 Å². The van der Waals surface area contributed by atoms with Gasteiger partial charge >= 0.3 is 5.97 Å². The van der Waals surface area contributed by atoms with E-state index in [0.29, 0.717) is 31.4 Å². The highest BCUT2D eigenvalue weighted by Gasteiger charge is 2.18. The Kier molecular flexibility index (Phi) is 10.3. The number of nitrogens with two attached hydrogens (primary N) is 1. The van der Waals surface area contributed by atoms with Crippen molar-refractivity contribution in [2.45, 2.75) is 58.8 Å². The highest BCUT2D eigenvalue weighted by molar-refractivity contribution is 5.85. The second kappa shape index (κ2) is 10.5. The zero-order valence-electron chi connectivity index (χ0n) is 12.4. The molecule has 0 aromatic heterocycles. The highest BCUT2D eigenvalue weighted by atomic mass is 35.5. The van der Waals surface area contributed by atoms with E-state index in [4.69, 9.17) is 10.5 Å². The van der Waals surface area contributed by atoms with Crippen LogP contribution in [0.25, 0.3) is 0 Å². The van der Waals surface area contributed by atoms with E-state index in [-0.39, 0.29) is 24.3 Å². The van der Waals surface area contributed by atoms with Crippen LogP contribution in [0.15, 0.2) is 0 Å². The molecule has 0 aromatic carbocycles. The molecule has 1 fully saturated rings. The van der Waals surface area contributed by atoms with Gasteiger partial charge < -0.3 is 10.5 Å². The summed E-state index contributed by atoms with van der Waals surface area (Å²) >= 11 is 0. The second-order valence-electron chi connectivity index (χ2n) is 6.12. The minimum absolute atomic E-state index is 0. The zero-order chi connectivity index (χ0) is 13.4. The summed E-state index contributed by atoms with van der Waals surface area (Å²) in [6, 6.07) is 0. The third-order valence-corrected chi connectivity index (χ3v) is 3.80. The van der Waals surface area contributed by atoms with E-state index in [9.17, 15) is 4.79 Å². The molecule has 0 heterocycles. The third-order valence-electron chi connectivity index (χ3n) is 3.80. The van der Waals surface area contributed by atoms with Crippen LogP contribution < -0.4 is 5.73 Å². The Balaban J connectivity index is 0.00000324. The number of rotatable bonds is 7. The fourth-order valence-corrected chi connectivity index (χ4v) is 2.79. The number of hydrogen-bond acceptors (Lipinski definition) is 3. The van der Waals surface area contributed by atoms with Gasteiger partial charge in [-0.3, -0.25) is 4.79 Å². The minimum Gasteiger partial charge on any atom is -0.465 e. The Morgan fingerprint density at radius 1 is 1.26 bits per heavy atom. The summed E-state index contributed by atoms with van der Waals surface area (Å²) in [5.41, 5.74) is 5.70. The normalized spacial score (nSPS) is 17.9. The number of ether oxygens (including phenoxy) is 1. The van der Waals surface area contributed by atoms with Gasteiger partial charge in [0.15, 0.2) is 0 Å². The summed E-state index contributed by atoms with van der Waals surface area (Å²) in [5.74, 6) is 1.41. The SMILES string of the molecule is CC(C)C[C@H](CN)CC(=O)OCC1CCCCC1.Cl. The van der Waals surface area contributed by atoms with E-state index in [1.54, 1.807) is 0 Å². The molecule has 0 unspecified atom stereocenters. The van der Waals surface area contributed by atoms with Crippen molar-refractivity contribution in [3.8, 4) is 0 Å². The van der Waals surface area contributed by atoms with Crippen LogP contribution in [0.4, 0.5) is 0 Å². The lowest BCUT2D eigenvalue weighted by Crippen LogP contribution is -2.23. The largest absolute Gasteiger partial charge is 0.465 e.